The maximum Gasteiger partial charge on any atom is 0.392 e. The van der Waals surface area contributed by atoms with Crippen LogP contribution in [0.4, 0.5) is 22.0 Å². The molecule has 1 aromatic carbocycles. The lowest BCUT2D eigenvalue weighted by atomic mass is 9.98. The predicted octanol–water partition coefficient (Wildman–Crippen LogP) is 4.88. The largest absolute Gasteiger partial charge is 0.392 e. The summed E-state index contributed by atoms with van der Waals surface area (Å²) in [4.78, 5) is 25.7. The lowest BCUT2D eigenvalue weighted by molar-refractivity contribution is -0.179. The van der Waals surface area contributed by atoms with Gasteiger partial charge in [-0.2, -0.15) is 27.1 Å². The Labute approximate surface area is 219 Å². The van der Waals surface area contributed by atoms with Crippen molar-refractivity contribution in [2.45, 2.75) is 51.4 Å². The number of hydrogen-bond acceptors (Lipinski definition) is 5. The van der Waals surface area contributed by atoms with E-state index in [0.29, 0.717) is 35.4 Å². The van der Waals surface area contributed by atoms with E-state index >= 15 is 0 Å². The summed E-state index contributed by atoms with van der Waals surface area (Å²) in [6.45, 7) is 5.23. The number of aromatic nitrogens is 6. The Bertz CT molecular complexity index is 1540. The van der Waals surface area contributed by atoms with E-state index < -0.39 is 29.5 Å². The predicted molar refractivity (Wildman–Crippen MR) is 131 cm³/mol. The van der Waals surface area contributed by atoms with Crippen molar-refractivity contribution in [3.63, 3.8) is 0 Å². The van der Waals surface area contributed by atoms with Gasteiger partial charge in [0.25, 0.3) is 11.8 Å². The van der Waals surface area contributed by atoms with E-state index in [9.17, 15) is 26.7 Å². The van der Waals surface area contributed by atoms with Gasteiger partial charge in [-0.25, -0.2) is 19.6 Å². The lowest BCUT2D eigenvalue weighted by Gasteiger charge is -2.24. The topological polar surface area (TPSA) is 90.0 Å². The Morgan fingerprint density at radius 2 is 1.92 bits per heavy atom. The van der Waals surface area contributed by atoms with Crippen molar-refractivity contribution in [3.8, 4) is 11.4 Å². The number of fused-ring (bicyclic) bond motifs is 2. The maximum absolute atomic E-state index is 14.1. The summed E-state index contributed by atoms with van der Waals surface area (Å²) in [7, 11) is 0. The second-order valence-electron chi connectivity index (χ2n) is 9.29. The first-order valence-electron chi connectivity index (χ1n) is 12.3. The number of halogens is 5. The zero-order chi connectivity index (χ0) is 27.9. The van der Waals surface area contributed by atoms with Crippen molar-refractivity contribution in [1.29, 1.82) is 0 Å². The van der Waals surface area contributed by atoms with E-state index in [4.69, 9.17) is 0 Å². The number of allylic oxidation sites excluding steroid dienone is 1. The van der Waals surface area contributed by atoms with Gasteiger partial charge in [0.15, 0.2) is 5.82 Å². The van der Waals surface area contributed by atoms with Gasteiger partial charge in [-0.3, -0.25) is 9.20 Å². The number of amides is 1. The number of benzene rings is 1. The minimum Gasteiger partial charge on any atom is -0.347 e. The molecule has 0 saturated heterocycles. The third kappa shape index (κ3) is 5.12. The minimum absolute atomic E-state index is 0.0295. The molecule has 0 radical (unpaired) electrons. The zero-order valence-electron chi connectivity index (χ0n) is 20.8. The molecular formula is C26H24F5N7O. The van der Waals surface area contributed by atoms with Crippen molar-refractivity contribution in [2.24, 2.45) is 5.92 Å². The smallest absolute Gasteiger partial charge is 0.347 e. The zero-order valence-corrected chi connectivity index (χ0v) is 20.8. The highest BCUT2D eigenvalue weighted by Crippen LogP contribution is 2.35. The van der Waals surface area contributed by atoms with E-state index in [-0.39, 0.29) is 37.4 Å². The Morgan fingerprint density at radius 3 is 2.59 bits per heavy atom. The van der Waals surface area contributed by atoms with Gasteiger partial charge < -0.3 is 5.32 Å². The van der Waals surface area contributed by atoms with Gasteiger partial charge in [0.05, 0.1) is 17.2 Å². The molecule has 0 bridgehead atoms. The molecule has 1 amide bonds. The first-order valence-corrected chi connectivity index (χ1v) is 12.3. The fraction of sp³-hybridized carbons (Fsp3) is 0.346. The number of carbonyl (C=O) groups is 1. The molecule has 39 heavy (non-hydrogen) atoms. The Morgan fingerprint density at radius 1 is 1.18 bits per heavy atom. The molecule has 13 heteroatoms. The second kappa shape index (κ2) is 9.86. The summed E-state index contributed by atoms with van der Waals surface area (Å²) in [6, 6.07) is 6.94. The summed E-state index contributed by atoms with van der Waals surface area (Å²) in [5, 5.41) is 7.13. The first-order chi connectivity index (χ1) is 18.5. The molecule has 1 N–H and O–H groups in total. The normalized spacial score (nSPS) is 15.8. The number of carbonyl (C=O) groups excluding carboxylic acids is 1. The summed E-state index contributed by atoms with van der Waals surface area (Å²) < 4.78 is 70.3. The third-order valence-electron chi connectivity index (χ3n) is 6.74. The fourth-order valence-electron chi connectivity index (χ4n) is 4.50. The van der Waals surface area contributed by atoms with E-state index in [1.165, 1.54) is 9.08 Å². The summed E-state index contributed by atoms with van der Waals surface area (Å²) in [5.41, 5.74) is 1.47. The van der Waals surface area contributed by atoms with Crippen LogP contribution in [0.3, 0.4) is 0 Å². The number of hydrogen-bond donors (Lipinski definition) is 1. The van der Waals surface area contributed by atoms with Crippen LogP contribution in [0.1, 0.15) is 46.5 Å². The van der Waals surface area contributed by atoms with Gasteiger partial charge in [0.1, 0.15) is 11.5 Å². The molecule has 5 rings (SSSR count). The molecule has 3 aromatic heterocycles. The van der Waals surface area contributed by atoms with Crippen LogP contribution in [0, 0.1) is 5.92 Å². The van der Waals surface area contributed by atoms with E-state index in [1.54, 1.807) is 31.2 Å². The number of nitrogens with zero attached hydrogens (tertiary/aromatic N) is 6. The molecule has 8 nitrogen and oxygen atoms in total. The molecule has 0 aliphatic carbocycles. The highest BCUT2D eigenvalue weighted by Gasteiger charge is 2.42. The van der Waals surface area contributed by atoms with E-state index in [1.807, 2.05) is 0 Å². The van der Waals surface area contributed by atoms with Crippen LogP contribution < -0.4 is 5.32 Å². The SMILES string of the molecule is C=CC(F)(F)c1cnc2nc(CC)c(C(=O)NCc3ccc(-c4nc5n(n4)CC[C@H](C(F)(F)F)C5)cc3)n2c1. The van der Waals surface area contributed by atoms with E-state index in [2.05, 4.69) is 31.9 Å². The van der Waals surface area contributed by atoms with Crippen LogP contribution in [0.5, 0.6) is 0 Å². The lowest BCUT2D eigenvalue weighted by Crippen LogP contribution is -2.31. The fourth-order valence-corrected chi connectivity index (χ4v) is 4.50. The maximum atomic E-state index is 14.1. The second-order valence-corrected chi connectivity index (χ2v) is 9.29. The van der Waals surface area contributed by atoms with Gasteiger partial charge in [0, 0.05) is 37.5 Å². The van der Waals surface area contributed by atoms with E-state index in [0.717, 1.165) is 18.0 Å². The number of nitrogens with one attached hydrogen (secondary N) is 1. The Balaban J connectivity index is 1.31. The summed E-state index contributed by atoms with van der Waals surface area (Å²) in [5.74, 6) is -4.49. The number of aryl methyl sites for hydroxylation is 2. The Hall–Kier alpha value is -4.16. The van der Waals surface area contributed by atoms with Crippen molar-refractivity contribution in [1.82, 2.24) is 34.4 Å². The average Bonchev–Trinajstić information content (AvgIpc) is 3.52. The van der Waals surface area contributed by atoms with Crippen LogP contribution >= 0.6 is 0 Å². The van der Waals surface area contributed by atoms with Gasteiger partial charge in [0.2, 0.25) is 5.78 Å². The summed E-state index contributed by atoms with van der Waals surface area (Å²) >= 11 is 0. The number of alkyl halides is 5. The molecule has 1 aliphatic heterocycles. The van der Waals surface area contributed by atoms with Crippen LogP contribution in [0.25, 0.3) is 17.2 Å². The van der Waals surface area contributed by atoms with Gasteiger partial charge in [-0.1, -0.05) is 37.8 Å². The number of rotatable bonds is 7. The van der Waals surface area contributed by atoms with Crippen LogP contribution in [-0.4, -0.2) is 41.2 Å². The van der Waals surface area contributed by atoms with Crippen molar-refractivity contribution in [2.75, 3.05) is 0 Å². The molecule has 0 fully saturated rings. The van der Waals surface area contributed by atoms with Crippen LogP contribution in [-0.2, 0) is 31.9 Å². The molecule has 204 valence electrons. The molecule has 0 saturated carbocycles. The highest BCUT2D eigenvalue weighted by atomic mass is 19.4. The quantitative estimate of drug-likeness (QED) is 0.264. The van der Waals surface area contributed by atoms with Gasteiger partial charge in [-0.15, -0.1) is 0 Å². The first kappa shape index (κ1) is 26.4. The average molecular weight is 546 g/mol. The van der Waals surface area contributed by atoms with Crippen molar-refractivity contribution in [3.05, 3.63) is 77.7 Å². The Kier molecular flexibility index (Phi) is 6.69. The van der Waals surface area contributed by atoms with Crippen LogP contribution in [0.15, 0.2) is 49.3 Å². The molecule has 1 atom stereocenters. The molecule has 1 aliphatic rings. The number of imidazole rings is 1. The van der Waals surface area contributed by atoms with Crippen molar-refractivity contribution >= 4 is 11.7 Å². The molecule has 4 aromatic rings. The molecule has 0 unspecified atom stereocenters. The third-order valence-corrected chi connectivity index (χ3v) is 6.74. The standard InChI is InChI=1S/C26H24F5N7O/c1-3-19-21(37-14-18(25(27,28)4-2)13-33-24(37)34-19)23(39)32-12-15-5-7-16(8-6-15)22-35-20-11-17(26(29,30)31)9-10-38(20)36-22/h4-8,13-14,17H,2-3,9-12H2,1H3,(H,32,39)/t17-/m0/s1. The minimum atomic E-state index is -4.26. The summed E-state index contributed by atoms with van der Waals surface area (Å²) in [6.07, 6.45) is -1.46. The van der Waals surface area contributed by atoms with Crippen LogP contribution in [0.2, 0.25) is 0 Å². The van der Waals surface area contributed by atoms with Gasteiger partial charge in [-0.05, 0) is 24.5 Å². The molecule has 4 heterocycles. The highest BCUT2D eigenvalue weighted by molar-refractivity contribution is 5.94. The molecule has 0 spiro atoms. The molecular weight excluding hydrogens is 521 g/mol. The van der Waals surface area contributed by atoms with Crippen molar-refractivity contribution < 1.29 is 26.7 Å². The van der Waals surface area contributed by atoms with Gasteiger partial charge >= 0.3 is 6.18 Å². The monoisotopic (exact) mass is 545 g/mol.